The van der Waals surface area contributed by atoms with Crippen LogP contribution in [0.5, 0.6) is 0 Å². The zero-order valence-electron chi connectivity index (χ0n) is 7.69. The lowest BCUT2D eigenvalue weighted by Gasteiger charge is -2.07. The van der Waals surface area contributed by atoms with Gasteiger partial charge in [0.15, 0.2) is 0 Å². The third kappa shape index (κ3) is 6.12. The van der Waals surface area contributed by atoms with Crippen molar-refractivity contribution >= 4 is 0 Å². The molecule has 10 heavy (non-hydrogen) atoms. The summed E-state index contributed by atoms with van der Waals surface area (Å²) in [7, 11) is 0. The molecule has 0 N–H and O–H groups in total. The van der Waals surface area contributed by atoms with E-state index in [4.69, 9.17) is 0 Å². The van der Waals surface area contributed by atoms with Crippen LogP contribution in [0.15, 0.2) is 0 Å². The first kappa shape index (κ1) is 10.0. The number of hydrogen-bond acceptors (Lipinski definition) is 0. The van der Waals surface area contributed by atoms with Crippen molar-refractivity contribution < 1.29 is 0 Å². The highest BCUT2D eigenvalue weighted by molar-refractivity contribution is 4.63. The van der Waals surface area contributed by atoms with E-state index in [1.165, 1.54) is 32.1 Å². The fraction of sp³-hybridized carbons (Fsp3) is 0.900. The minimum absolute atomic E-state index is 0.938. The third-order valence-electron chi connectivity index (χ3n) is 1.93. The third-order valence-corrected chi connectivity index (χ3v) is 1.93. The maximum atomic E-state index is 2.38. The van der Waals surface area contributed by atoms with Gasteiger partial charge in [0.1, 0.15) is 0 Å². The highest BCUT2D eigenvalue weighted by Crippen LogP contribution is 2.13. The van der Waals surface area contributed by atoms with Crippen LogP contribution < -0.4 is 0 Å². The van der Waals surface area contributed by atoms with Crippen LogP contribution in [0, 0.1) is 12.3 Å². The van der Waals surface area contributed by atoms with E-state index in [0.717, 1.165) is 5.92 Å². The summed E-state index contributed by atoms with van der Waals surface area (Å²) in [4.78, 5) is 0. The van der Waals surface area contributed by atoms with Gasteiger partial charge >= 0.3 is 0 Å². The van der Waals surface area contributed by atoms with Crippen LogP contribution in [0.3, 0.4) is 0 Å². The molecule has 0 bridgehead atoms. The summed E-state index contributed by atoms with van der Waals surface area (Å²) < 4.78 is 0. The maximum Gasteiger partial charge on any atom is -0.0388 e. The van der Waals surface area contributed by atoms with Crippen LogP contribution in [0.2, 0.25) is 0 Å². The normalized spacial score (nSPS) is 13.5. The van der Waals surface area contributed by atoms with Crippen molar-refractivity contribution in [2.45, 2.75) is 52.9 Å². The lowest BCUT2D eigenvalue weighted by Crippen LogP contribution is -1.93. The zero-order valence-corrected chi connectivity index (χ0v) is 7.69. The van der Waals surface area contributed by atoms with E-state index in [0.29, 0.717) is 0 Å². The lowest BCUT2D eigenvalue weighted by atomic mass is 9.99. The Balaban J connectivity index is 2.97. The van der Waals surface area contributed by atoms with Crippen LogP contribution in [-0.2, 0) is 0 Å². The summed E-state index contributed by atoms with van der Waals surface area (Å²) in [6.45, 7) is 6.83. The predicted octanol–water partition coefficient (Wildman–Crippen LogP) is 3.82. The molecule has 0 aromatic heterocycles. The molecular formula is C10H21. The Morgan fingerprint density at radius 1 is 1.20 bits per heavy atom. The van der Waals surface area contributed by atoms with Crippen molar-refractivity contribution in [1.29, 1.82) is 0 Å². The zero-order chi connectivity index (χ0) is 7.82. The van der Waals surface area contributed by atoms with Gasteiger partial charge in [-0.15, -0.1) is 0 Å². The second-order valence-corrected chi connectivity index (χ2v) is 3.17. The molecular weight excluding hydrogens is 120 g/mol. The summed E-state index contributed by atoms with van der Waals surface area (Å²) in [6.07, 6.45) is 9.06. The number of rotatable bonds is 6. The van der Waals surface area contributed by atoms with Gasteiger partial charge in [-0.1, -0.05) is 46.5 Å². The summed E-state index contributed by atoms with van der Waals surface area (Å²) in [6, 6.07) is 0. The molecule has 0 nitrogen and oxygen atoms in total. The van der Waals surface area contributed by atoms with Crippen LogP contribution in [0.25, 0.3) is 0 Å². The Labute approximate surface area is 66.0 Å². The molecule has 0 spiro atoms. The molecule has 0 unspecified atom stereocenters. The van der Waals surface area contributed by atoms with Crippen molar-refractivity contribution in [3.05, 3.63) is 6.42 Å². The Kier molecular flexibility index (Phi) is 7.11. The van der Waals surface area contributed by atoms with E-state index < -0.39 is 0 Å². The molecule has 0 heteroatoms. The molecule has 0 saturated heterocycles. The van der Waals surface area contributed by atoms with E-state index in [1.807, 2.05) is 0 Å². The smallest absolute Gasteiger partial charge is 0.0388 e. The van der Waals surface area contributed by atoms with Crippen molar-refractivity contribution in [2.24, 2.45) is 5.92 Å². The van der Waals surface area contributed by atoms with Crippen LogP contribution in [0.4, 0.5) is 0 Å². The molecule has 0 heterocycles. The van der Waals surface area contributed by atoms with Crippen LogP contribution in [-0.4, -0.2) is 0 Å². The van der Waals surface area contributed by atoms with Gasteiger partial charge in [-0.05, 0) is 18.8 Å². The predicted molar refractivity (Wildman–Crippen MR) is 47.9 cm³/mol. The fourth-order valence-electron chi connectivity index (χ4n) is 1.24. The molecule has 0 aromatic carbocycles. The van der Waals surface area contributed by atoms with Crippen molar-refractivity contribution in [1.82, 2.24) is 0 Å². The molecule has 1 radical (unpaired) electrons. The van der Waals surface area contributed by atoms with Gasteiger partial charge in [0.2, 0.25) is 0 Å². The summed E-state index contributed by atoms with van der Waals surface area (Å²) in [5.41, 5.74) is 0. The topological polar surface area (TPSA) is 0 Å². The van der Waals surface area contributed by atoms with Crippen molar-refractivity contribution in [2.75, 3.05) is 0 Å². The van der Waals surface area contributed by atoms with E-state index in [1.54, 1.807) is 0 Å². The minimum atomic E-state index is 0.938. The SMILES string of the molecule is CC[CH]CC[C@H](C)CCC. The van der Waals surface area contributed by atoms with E-state index in [-0.39, 0.29) is 0 Å². The molecule has 0 aromatic rings. The average Bonchev–Trinajstić information content (AvgIpc) is 1.89. The summed E-state index contributed by atoms with van der Waals surface area (Å²) in [5.74, 6) is 0.938. The first-order chi connectivity index (χ1) is 4.81. The van der Waals surface area contributed by atoms with Crippen molar-refractivity contribution in [3.63, 3.8) is 0 Å². The van der Waals surface area contributed by atoms with Gasteiger partial charge < -0.3 is 0 Å². The molecule has 1 atom stereocenters. The molecule has 0 saturated carbocycles. The number of unbranched alkanes of at least 4 members (excludes halogenated alkanes) is 2. The van der Waals surface area contributed by atoms with Gasteiger partial charge in [-0.3, -0.25) is 0 Å². The Morgan fingerprint density at radius 3 is 2.40 bits per heavy atom. The molecule has 0 aliphatic carbocycles. The van der Waals surface area contributed by atoms with E-state index >= 15 is 0 Å². The highest BCUT2D eigenvalue weighted by atomic mass is 14.0. The molecule has 61 valence electrons. The van der Waals surface area contributed by atoms with E-state index in [9.17, 15) is 0 Å². The van der Waals surface area contributed by atoms with Crippen molar-refractivity contribution in [3.8, 4) is 0 Å². The lowest BCUT2D eigenvalue weighted by molar-refractivity contribution is 0.482. The van der Waals surface area contributed by atoms with Crippen LogP contribution >= 0.6 is 0 Å². The highest BCUT2D eigenvalue weighted by Gasteiger charge is 1.98. The molecule has 0 rings (SSSR count). The number of hydrogen-bond donors (Lipinski definition) is 0. The standard InChI is InChI=1S/C10H21/c1-4-6-7-9-10(3)8-5-2/h6,10H,4-5,7-9H2,1-3H3/t10-/m1/s1. The molecule has 0 aliphatic rings. The van der Waals surface area contributed by atoms with Gasteiger partial charge in [-0.2, -0.15) is 0 Å². The van der Waals surface area contributed by atoms with E-state index in [2.05, 4.69) is 27.2 Å². The Hall–Kier alpha value is 0. The monoisotopic (exact) mass is 141 g/mol. The van der Waals surface area contributed by atoms with Crippen LogP contribution in [0.1, 0.15) is 52.9 Å². The molecule has 0 amide bonds. The summed E-state index contributed by atoms with van der Waals surface area (Å²) in [5, 5.41) is 0. The second-order valence-electron chi connectivity index (χ2n) is 3.17. The van der Waals surface area contributed by atoms with Gasteiger partial charge in [0, 0.05) is 0 Å². The molecule has 0 fully saturated rings. The Morgan fingerprint density at radius 2 is 1.90 bits per heavy atom. The Bertz CT molecular complexity index is 57.1. The first-order valence-electron chi connectivity index (χ1n) is 4.62. The average molecular weight is 141 g/mol. The second kappa shape index (κ2) is 7.11. The van der Waals surface area contributed by atoms with Gasteiger partial charge in [0.05, 0.1) is 0 Å². The quantitative estimate of drug-likeness (QED) is 0.493. The summed E-state index contributed by atoms with van der Waals surface area (Å²) >= 11 is 0. The first-order valence-corrected chi connectivity index (χ1v) is 4.62. The minimum Gasteiger partial charge on any atom is -0.0654 e. The van der Waals surface area contributed by atoms with Gasteiger partial charge in [-0.25, -0.2) is 0 Å². The molecule has 0 aliphatic heterocycles. The van der Waals surface area contributed by atoms with Gasteiger partial charge in [0.25, 0.3) is 0 Å². The largest absolute Gasteiger partial charge is 0.0654 e. The maximum absolute atomic E-state index is 2.38. The fourth-order valence-corrected chi connectivity index (χ4v) is 1.24.